The van der Waals surface area contributed by atoms with E-state index in [4.69, 9.17) is 10.7 Å². The minimum Gasteiger partial charge on any atom is -0.289 e. The highest BCUT2D eigenvalue weighted by molar-refractivity contribution is 8.13. The van der Waals surface area contributed by atoms with E-state index in [1.165, 1.54) is 4.40 Å². The maximum absolute atomic E-state index is 11.7. The molecule has 0 aliphatic rings. The van der Waals surface area contributed by atoms with Crippen LogP contribution in [0.1, 0.15) is 26.5 Å². The van der Waals surface area contributed by atoms with Gasteiger partial charge in [-0.15, -0.1) is 0 Å². The smallest absolute Gasteiger partial charge is 0.279 e. The van der Waals surface area contributed by atoms with Crippen molar-refractivity contribution < 1.29 is 8.42 Å². The Morgan fingerprint density at radius 3 is 2.47 bits per heavy atom. The summed E-state index contributed by atoms with van der Waals surface area (Å²) in [7, 11) is 1.67. The molecule has 0 atom stereocenters. The lowest BCUT2D eigenvalue weighted by molar-refractivity contribution is 0.547. The third-order valence-corrected chi connectivity index (χ3v) is 3.72. The van der Waals surface area contributed by atoms with E-state index in [0.717, 1.165) is 0 Å². The minimum atomic E-state index is -3.83. The first-order valence-electron chi connectivity index (χ1n) is 5.13. The Morgan fingerprint density at radius 2 is 1.94 bits per heavy atom. The Kier molecular flexibility index (Phi) is 2.71. The summed E-state index contributed by atoms with van der Waals surface area (Å²) < 4.78 is 24.9. The second-order valence-electron chi connectivity index (χ2n) is 4.88. The number of imidazole rings is 1. The second kappa shape index (κ2) is 3.71. The van der Waals surface area contributed by atoms with E-state index in [0.29, 0.717) is 11.3 Å². The van der Waals surface area contributed by atoms with E-state index < -0.39 is 9.05 Å². The molecule has 0 radical (unpaired) electrons. The first-order chi connectivity index (χ1) is 7.71. The van der Waals surface area contributed by atoms with Gasteiger partial charge in [0.05, 0.1) is 5.69 Å². The lowest BCUT2D eigenvalue weighted by atomic mass is 9.93. The number of hydrogen-bond acceptors (Lipinski definition) is 3. The van der Waals surface area contributed by atoms with Crippen LogP contribution in [0, 0.1) is 0 Å². The molecule has 0 aliphatic carbocycles. The number of fused-ring (bicyclic) bond motifs is 1. The fourth-order valence-corrected chi connectivity index (χ4v) is 3.11. The van der Waals surface area contributed by atoms with Crippen molar-refractivity contribution in [3.8, 4) is 0 Å². The molecule has 0 bridgehead atoms. The summed E-state index contributed by atoms with van der Waals surface area (Å²) in [6.07, 6.45) is 1.65. The number of aromatic nitrogens is 2. The molecule has 0 aliphatic heterocycles. The van der Waals surface area contributed by atoms with E-state index in [1.54, 1.807) is 24.4 Å². The fraction of sp³-hybridized carbons (Fsp3) is 0.364. The van der Waals surface area contributed by atoms with Gasteiger partial charge in [0.2, 0.25) is 0 Å². The van der Waals surface area contributed by atoms with Crippen LogP contribution < -0.4 is 0 Å². The van der Waals surface area contributed by atoms with Crippen molar-refractivity contribution in [1.29, 1.82) is 0 Å². The molecule has 0 amide bonds. The van der Waals surface area contributed by atoms with Crippen molar-refractivity contribution in [2.24, 2.45) is 0 Å². The number of hydrogen-bond donors (Lipinski definition) is 0. The van der Waals surface area contributed by atoms with E-state index in [9.17, 15) is 8.42 Å². The Hall–Kier alpha value is -1.07. The van der Waals surface area contributed by atoms with Gasteiger partial charge in [-0.3, -0.25) is 4.40 Å². The Morgan fingerprint density at radius 1 is 1.29 bits per heavy atom. The van der Waals surface area contributed by atoms with Gasteiger partial charge in [-0.05, 0) is 12.1 Å². The van der Waals surface area contributed by atoms with Gasteiger partial charge in [0.15, 0.2) is 5.03 Å². The normalized spacial score (nSPS) is 13.2. The van der Waals surface area contributed by atoms with E-state index in [-0.39, 0.29) is 10.4 Å². The molecule has 2 rings (SSSR count). The summed E-state index contributed by atoms with van der Waals surface area (Å²) in [5, 5.41) is 0.0577. The molecule has 0 spiro atoms. The van der Waals surface area contributed by atoms with Crippen molar-refractivity contribution in [3.05, 3.63) is 30.1 Å². The third-order valence-electron chi connectivity index (χ3n) is 2.43. The summed E-state index contributed by atoms with van der Waals surface area (Å²) in [6.45, 7) is 5.71. The van der Waals surface area contributed by atoms with Crippen molar-refractivity contribution >= 4 is 25.4 Å². The highest BCUT2D eigenvalue weighted by Crippen LogP contribution is 2.30. The number of rotatable bonds is 1. The van der Waals surface area contributed by atoms with Crippen LogP contribution in [0.4, 0.5) is 0 Å². The molecule has 17 heavy (non-hydrogen) atoms. The van der Waals surface area contributed by atoms with Crippen LogP contribution in [-0.4, -0.2) is 17.8 Å². The minimum absolute atomic E-state index is 0.0577. The van der Waals surface area contributed by atoms with Crippen molar-refractivity contribution in [2.75, 3.05) is 0 Å². The predicted molar refractivity (Wildman–Crippen MR) is 66.9 cm³/mol. The average molecular weight is 273 g/mol. The molecule has 4 nitrogen and oxygen atoms in total. The standard InChI is InChI=1S/C11H13ClN2O2S/c1-11(2,3)9-10(17(12,15)16)14-7-5-4-6-8(14)13-9/h4-7H,1-3H3. The van der Waals surface area contributed by atoms with Crippen LogP contribution in [0.2, 0.25) is 0 Å². The molecule has 2 aromatic rings. The number of halogens is 1. The van der Waals surface area contributed by atoms with Gasteiger partial charge in [-0.2, -0.15) is 0 Å². The van der Waals surface area contributed by atoms with Crippen LogP contribution in [0.5, 0.6) is 0 Å². The molecule has 0 aromatic carbocycles. The van der Waals surface area contributed by atoms with Crippen LogP contribution in [0.25, 0.3) is 5.65 Å². The summed E-state index contributed by atoms with van der Waals surface area (Å²) in [4.78, 5) is 4.35. The van der Waals surface area contributed by atoms with Crippen LogP contribution in [0.3, 0.4) is 0 Å². The summed E-state index contributed by atoms with van der Waals surface area (Å²) in [5.41, 5.74) is 0.680. The van der Waals surface area contributed by atoms with E-state index >= 15 is 0 Å². The molecule has 2 aromatic heterocycles. The van der Waals surface area contributed by atoms with Gasteiger partial charge < -0.3 is 0 Å². The zero-order valence-electron chi connectivity index (χ0n) is 9.81. The van der Waals surface area contributed by atoms with Gasteiger partial charge >= 0.3 is 0 Å². The average Bonchev–Trinajstić information content (AvgIpc) is 2.54. The van der Waals surface area contributed by atoms with Crippen molar-refractivity contribution in [1.82, 2.24) is 9.38 Å². The largest absolute Gasteiger partial charge is 0.289 e. The first-order valence-corrected chi connectivity index (χ1v) is 7.44. The molecule has 0 N–H and O–H groups in total. The van der Waals surface area contributed by atoms with Crippen LogP contribution in [-0.2, 0) is 14.5 Å². The van der Waals surface area contributed by atoms with Crippen molar-refractivity contribution in [2.45, 2.75) is 31.2 Å². The van der Waals surface area contributed by atoms with Gasteiger partial charge in [0.1, 0.15) is 5.65 Å². The molecule has 0 fully saturated rings. The molecule has 0 saturated carbocycles. The Bertz CT molecular complexity index is 668. The highest BCUT2D eigenvalue weighted by atomic mass is 35.7. The monoisotopic (exact) mass is 272 g/mol. The zero-order valence-corrected chi connectivity index (χ0v) is 11.4. The lowest BCUT2D eigenvalue weighted by Gasteiger charge is -2.16. The Labute approximate surface area is 105 Å². The fourth-order valence-electron chi connectivity index (χ4n) is 1.69. The lowest BCUT2D eigenvalue weighted by Crippen LogP contribution is -2.16. The molecule has 0 saturated heterocycles. The number of pyridine rings is 1. The van der Waals surface area contributed by atoms with Gasteiger partial charge in [-0.1, -0.05) is 26.8 Å². The van der Waals surface area contributed by atoms with Crippen LogP contribution in [0.15, 0.2) is 29.4 Å². The van der Waals surface area contributed by atoms with Gasteiger partial charge in [0.25, 0.3) is 9.05 Å². The highest BCUT2D eigenvalue weighted by Gasteiger charge is 2.30. The van der Waals surface area contributed by atoms with Crippen LogP contribution >= 0.6 is 10.7 Å². The predicted octanol–water partition coefficient (Wildman–Crippen LogP) is 2.56. The Balaban J connectivity index is 2.94. The van der Waals surface area contributed by atoms with Crippen molar-refractivity contribution in [3.63, 3.8) is 0 Å². The third kappa shape index (κ3) is 2.17. The van der Waals surface area contributed by atoms with Gasteiger partial charge in [0, 0.05) is 22.3 Å². The van der Waals surface area contributed by atoms with E-state index in [2.05, 4.69) is 4.98 Å². The molecular weight excluding hydrogens is 260 g/mol. The number of nitrogens with zero attached hydrogens (tertiary/aromatic N) is 2. The molecule has 2 heterocycles. The quantitative estimate of drug-likeness (QED) is 0.750. The second-order valence-corrected chi connectivity index (χ2v) is 7.36. The molecule has 92 valence electrons. The summed E-state index contributed by atoms with van der Waals surface area (Å²) in [6, 6.07) is 5.30. The topological polar surface area (TPSA) is 51.4 Å². The zero-order chi connectivity index (χ0) is 12.8. The maximum Gasteiger partial charge on any atom is 0.279 e. The summed E-state index contributed by atoms with van der Waals surface area (Å²) >= 11 is 0. The molecule has 6 heteroatoms. The molecule has 0 unspecified atom stereocenters. The SMILES string of the molecule is CC(C)(C)c1nc2ccccn2c1S(=O)(=O)Cl. The first kappa shape index (κ1) is 12.4. The summed E-state index contributed by atoms with van der Waals surface area (Å²) in [5.74, 6) is 0. The van der Waals surface area contributed by atoms with Gasteiger partial charge in [-0.25, -0.2) is 13.4 Å². The van der Waals surface area contributed by atoms with E-state index in [1.807, 2.05) is 20.8 Å². The maximum atomic E-state index is 11.7. The molecular formula is C11H13ClN2O2S.